The molecule has 0 radical (unpaired) electrons. The van der Waals surface area contributed by atoms with Gasteiger partial charge in [0.15, 0.2) is 12.4 Å². The fraction of sp³-hybridized carbons (Fsp3) is 0.312. The van der Waals surface area contributed by atoms with E-state index in [0.717, 1.165) is 6.42 Å². The lowest BCUT2D eigenvalue weighted by molar-refractivity contribution is -0.734. The Balaban J connectivity index is 1.89. The fourth-order valence-electron chi connectivity index (χ4n) is 2.01. The maximum atomic E-state index is 5.70. The third-order valence-corrected chi connectivity index (χ3v) is 3.07. The summed E-state index contributed by atoms with van der Waals surface area (Å²) in [7, 11) is 0. The first-order chi connectivity index (χ1) is 8.79. The van der Waals surface area contributed by atoms with Crippen LogP contribution < -0.4 is 4.57 Å². The van der Waals surface area contributed by atoms with Crippen LogP contribution in [0.15, 0.2) is 48.8 Å². The van der Waals surface area contributed by atoms with Crippen LogP contribution in [0.5, 0.6) is 0 Å². The third-order valence-electron chi connectivity index (χ3n) is 3.07. The molecule has 2 nitrogen and oxygen atoms in total. The molecule has 2 heteroatoms. The number of aromatic nitrogens is 1. The number of pyridine rings is 1. The highest BCUT2D eigenvalue weighted by atomic mass is 16.5. The minimum Gasteiger partial charge on any atom is -0.318 e. The Morgan fingerprint density at radius 1 is 1.11 bits per heavy atom. The molecule has 0 unspecified atom stereocenters. The van der Waals surface area contributed by atoms with Gasteiger partial charge in [-0.05, 0) is 24.5 Å². The molecule has 0 N–H and O–H groups in total. The Bertz CT molecular complexity index is 494. The molecule has 0 fully saturated rings. The number of benzene rings is 1. The van der Waals surface area contributed by atoms with Crippen molar-refractivity contribution in [3.63, 3.8) is 0 Å². The average molecular weight is 242 g/mol. The van der Waals surface area contributed by atoms with Gasteiger partial charge < -0.3 is 4.74 Å². The number of hydrogen-bond donors (Lipinski definition) is 0. The molecule has 0 atom stereocenters. The first-order valence-corrected chi connectivity index (χ1v) is 6.40. The number of ether oxygens (including phenoxy) is 1. The molecule has 2 rings (SSSR count). The van der Waals surface area contributed by atoms with Crippen LogP contribution >= 0.6 is 0 Å². The van der Waals surface area contributed by atoms with Crippen LogP contribution in [-0.2, 0) is 24.5 Å². The van der Waals surface area contributed by atoms with E-state index in [9.17, 15) is 0 Å². The van der Waals surface area contributed by atoms with Crippen molar-refractivity contribution in [2.75, 3.05) is 0 Å². The van der Waals surface area contributed by atoms with Crippen molar-refractivity contribution in [3.8, 4) is 0 Å². The lowest BCUT2D eigenvalue weighted by Gasteiger charge is -2.04. The van der Waals surface area contributed by atoms with E-state index in [1.54, 1.807) is 0 Å². The first-order valence-electron chi connectivity index (χ1n) is 6.40. The van der Waals surface area contributed by atoms with Gasteiger partial charge in [-0.3, -0.25) is 0 Å². The van der Waals surface area contributed by atoms with Crippen molar-refractivity contribution >= 4 is 0 Å². The van der Waals surface area contributed by atoms with E-state index in [4.69, 9.17) is 4.74 Å². The summed E-state index contributed by atoms with van der Waals surface area (Å²) in [5.74, 6) is 0. The van der Waals surface area contributed by atoms with E-state index in [0.29, 0.717) is 13.3 Å². The second-order valence-corrected chi connectivity index (χ2v) is 4.48. The summed E-state index contributed by atoms with van der Waals surface area (Å²) in [6, 6.07) is 12.4. The summed E-state index contributed by atoms with van der Waals surface area (Å²) >= 11 is 0. The van der Waals surface area contributed by atoms with Gasteiger partial charge in [0.2, 0.25) is 0 Å². The highest BCUT2D eigenvalue weighted by molar-refractivity contribution is 5.18. The molecule has 0 saturated heterocycles. The standard InChI is InChI=1S/C16H20NO/c1-3-16-9-10-17(11-14(16)2)13-18-12-15-7-5-4-6-8-15/h4-11H,3,12-13H2,1-2H3/q+1. The maximum Gasteiger partial charge on any atom is 0.252 e. The Labute approximate surface area is 109 Å². The zero-order valence-corrected chi connectivity index (χ0v) is 11.1. The van der Waals surface area contributed by atoms with Crippen molar-refractivity contribution in [3.05, 3.63) is 65.5 Å². The Morgan fingerprint density at radius 3 is 2.56 bits per heavy atom. The van der Waals surface area contributed by atoms with Crippen LogP contribution in [-0.4, -0.2) is 0 Å². The summed E-state index contributed by atoms with van der Waals surface area (Å²) in [4.78, 5) is 0. The number of hydrogen-bond acceptors (Lipinski definition) is 1. The number of rotatable bonds is 5. The zero-order chi connectivity index (χ0) is 12.8. The molecule has 94 valence electrons. The van der Waals surface area contributed by atoms with E-state index in [-0.39, 0.29) is 0 Å². The zero-order valence-electron chi connectivity index (χ0n) is 11.1. The molecule has 0 amide bonds. The lowest BCUT2D eigenvalue weighted by atomic mass is 10.1. The highest BCUT2D eigenvalue weighted by Gasteiger charge is 2.04. The van der Waals surface area contributed by atoms with Crippen molar-refractivity contribution in [2.24, 2.45) is 0 Å². The maximum absolute atomic E-state index is 5.70. The number of aryl methyl sites for hydroxylation is 2. The fourth-order valence-corrected chi connectivity index (χ4v) is 2.01. The van der Waals surface area contributed by atoms with E-state index < -0.39 is 0 Å². The topological polar surface area (TPSA) is 13.1 Å². The van der Waals surface area contributed by atoms with Crippen molar-refractivity contribution in [2.45, 2.75) is 33.6 Å². The van der Waals surface area contributed by atoms with E-state index in [2.05, 4.69) is 49.0 Å². The normalized spacial score (nSPS) is 10.6. The average Bonchev–Trinajstić information content (AvgIpc) is 2.40. The van der Waals surface area contributed by atoms with Gasteiger partial charge in [0.1, 0.15) is 0 Å². The summed E-state index contributed by atoms with van der Waals surface area (Å²) in [6.45, 7) is 5.58. The first kappa shape index (κ1) is 12.8. The predicted molar refractivity (Wildman–Crippen MR) is 72.0 cm³/mol. The molecule has 0 aliphatic heterocycles. The highest BCUT2D eigenvalue weighted by Crippen LogP contribution is 2.04. The minimum absolute atomic E-state index is 0.597. The predicted octanol–water partition coefficient (Wildman–Crippen LogP) is 3.02. The second kappa shape index (κ2) is 6.31. The van der Waals surface area contributed by atoms with Gasteiger partial charge in [0.25, 0.3) is 6.73 Å². The Kier molecular flexibility index (Phi) is 4.48. The van der Waals surface area contributed by atoms with Crippen molar-refractivity contribution < 1.29 is 9.30 Å². The van der Waals surface area contributed by atoms with Crippen LogP contribution in [0.3, 0.4) is 0 Å². The monoisotopic (exact) mass is 242 g/mol. The van der Waals surface area contributed by atoms with Gasteiger partial charge in [-0.2, -0.15) is 4.57 Å². The van der Waals surface area contributed by atoms with Gasteiger partial charge in [0.05, 0.1) is 6.61 Å². The van der Waals surface area contributed by atoms with Crippen LogP contribution in [0.1, 0.15) is 23.6 Å². The van der Waals surface area contributed by atoms with Gasteiger partial charge in [-0.25, -0.2) is 0 Å². The summed E-state index contributed by atoms with van der Waals surface area (Å²) in [5.41, 5.74) is 3.93. The van der Waals surface area contributed by atoms with E-state index >= 15 is 0 Å². The Hall–Kier alpha value is -1.67. The SMILES string of the molecule is CCc1cc[n+](COCc2ccccc2)cc1C. The van der Waals surface area contributed by atoms with Gasteiger partial charge in [0, 0.05) is 11.6 Å². The summed E-state index contributed by atoms with van der Waals surface area (Å²) < 4.78 is 7.78. The summed E-state index contributed by atoms with van der Waals surface area (Å²) in [6.07, 6.45) is 5.30. The molecule has 0 aliphatic carbocycles. The quantitative estimate of drug-likeness (QED) is 0.735. The molecule has 0 aliphatic rings. The molecular weight excluding hydrogens is 222 g/mol. The molecule has 0 bridgehead atoms. The van der Waals surface area contributed by atoms with Crippen LogP contribution in [0, 0.1) is 6.92 Å². The molecule has 1 aromatic heterocycles. The molecule has 1 aromatic carbocycles. The minimum atomic E-state index is 0.597. The van der Waals surface area contributed by atoms with Crippen molar-refractivity contribution in [1.82, 2.24) is 0 Å². The lowest BCUT2D eigenvalue weighted by Crippen LogP contribution is -2.34. The molecule has 0 spiro atoms. The molecular formula is C16H20NO+. The van der Waals surface area contributed by atoms with Crippen LogP contribution in [0.2, 0.25) is 0 Å². The van der Waals surface area contributed by atoms with Gasteiger partial charge in [-0.1, -0.05) is 37.3 Å². The van der Waals surface area contributed by atoms with E-state index in [1.807, 2.05) is 18.2 Å². The van der Waals surface area contributed by atoms with Crippen molar-refractivity contribution in [1.29, 1.82) is 0 Å². The van der Waals surface area contributed by atoms with E-state index in [1.165, 1.54) is 16.7 Å². The molecule has 0 saturated carbocycles. The largest absolute Gasteiger partial charge is 0.318 e. The van der Waals surface area contributed by atoms with Crippen LogP contribution in [0.4, 0.5) is 0 Å². The second-order valence-electron chi connectivity index (χ2n) is 4.48. The third kappa shape index (κ3) is 3.41. The summed E-state index contributed by atoms with van der Waals surface area (Å²) in [5, 5.41) is 0. The van der Waals surface area contributed by atoms with Gasteiger partial charge in [-0.15, -0.1) is 0 Å². The molecule has 18 heavy (non-hydrogen) atoms. The smallest absolute Gasteiger partial charge is 0.252 e. The molecule has 2 aromatic rings. The number of nitrogens with zero attached hydrogens (tertiary/aromatic N) is 1. The molecule has 1 heterocycles. The van der Waals surface area contributed by atoms with Crippen LogP contribution in [0.25, 0.3) is 0 Å². The van der Waals surface area contributed by atoms with Gasteiger partial charge >= 0.3 is 0 Å². The Morgan fingerprint density at radius 2 is 1.89 bits per heavy atom.